The van der Waals surface area contributed by atoms with Gasteiger partial charge in [-0.1, -0.05) is 23.8 Å². The summed E-state index contributed by atoms with van der Waals surface area (Å²) in [6.45, 7) is 1.87. The maximum atomic E-state index is 11.9. The van der Waals surface area contributed by atoms with Crippen LogP contribution < -0.4 is 11.2 Å². The molecule has 2 rings (SSSR count). The number of nitrogens with zero attached hydrogens (tertiary/aromatic N) is 1. The van der Waals surface area contributed by atoms with Gasteiger partial charge in [-0.2, -0.15) is 5.10 Å². The number of nitrogens with one attached hydrogen (secondary N) is 2. The highest BCUT2D eigenvalue weighted by Crippen LogP contribution is 2.17. The monoisotopic (exact) mass is 263 g/mol. The van der Waals surface area contributed by atoms with Crippen molar-refractivity contribution < 1.29 is 4.79 Å². The first-order valence-electron chi connectivity index (χ1n) is 5.04. The van der Waals surface area contributed by atoms with Crippen LogP contribution in [-0.2, 0) is 0 Å². The van der Waals surface area contributed by atoms with Gasteiger partial charge in [0, 0.05) is 5.56 Å². The van der Waals surface area contributed by atoms with Crippen LogP contribution in [0, 0.1) is 6.92 Å². The maximum Gasteiger partial charge on any atom is 0.342 e. The number of thioether (sulfide) groups is 1. The molecule has 0 fully saturated rings. The molecule has 1 aromatic carbocycles. The fourth-order valence-electron chi connectivity index (χ4n) is 1.32. The molecule has 18 heavy (non-hydrogen) atoms. The van der Waals surface area contributed by atoms with E-state index in [0.717, 1.165) is 5.56 Å². The highest BCUT2D eigenvalue weighted by Gasteiger charge is 2.12. The quantitative estimate of drug-likeness (QED) is 0.777. The lowest BCUT2D eigenvalue weighted by Crippen LogP contribution is -2.25. The van der Waals surface area contributed by atoms with Crippen LogP contribution >= 0.6 is 11.8 Å². The third kappa shape index (κ3) is 2.75. The Balaban J connectivity index is 2.27. The first-order chi connectivity index (χ1) is 8.56. The first kappa shape index (κ1) is 12.3. The summed E-state index contributed by atoms with van der Waals surface area (Å²) in [6.07, 6.45) is 0. The van der Waals surface area contributed by atoms with Gasteiger partial charge in [-0.15, -0.1) is 0 Å². The van der Waals surface area contributed by atoms with Crippen LogP contribution in [0.25, 0.3) is 0 Å². The standard InChI is InChI=1S/C11H9N3O3S/c1-6-3-2-4-7(5-6)10(16)18-9-8(15)12-11(17)14-13-9/h2-5H,1H3,(H2,12,14,15,17). The van der Waals surface area contributed by atoms with Gasteiger partial charge in [-0.3, -0.25) is 14.6 Å². The highest BCUT2D eigenvalue weighted by atomic mass is 32.2. The second-order valence-electron chi connectivity index (χ2n) is 3.57. The molecule has 0 atom stereocenters. The minimum absolute atomic E-state index is 0.0823. The van der Waals surface area contributed by atoms with Crippen molar-refractivity contribution in [3.8, 4) is 0 Å². The number of aromatic nitrogens is 3. The highest BCUT2D eigenvalue weighted by molar-refractivity contribution is 8.14. The van der Waals surface area contributed by atoms with Crippen molar-refractivity contribution in [2.45, 2.75) is 11.9 Å². The Morgan fingerprint density at radius 2 is 2.11 bits per heavy atom. The molecule has 1 heterocycles. The molecule has 92 valence electrons. The van der Waals surface area contributed by atoms with Crippen molar-refractivity contribution in [1.82, 2.24) is 15.2 Å². The van der Waals surface area contributed by atoms with E-state index in [0.29, 0.717) is 17.3 Å². The predicted octanol–water partition coefficient (Wildman–Crippen LogP) is 0.699. The van der Waals surface area contributed by atoms with Gasteiger partial charge in [0.25, 0.3) is 5.56 Å². The van der Waals surface area contributed by atoms with E-state index in [1.165, 1.54) is 0 Å². The number of aryl methyl sites for hydroxylation is 1. The van der Waals surface area contributed by atoms with Gasteiger partial charge in [0.2, 0.25) is 5.12 Å². The number of aromatic amines is 2. The van der Waals surface area contributed by atoms with Crippen molar-refractivity contribution in [1.29, 1.82) is 0 Å². The zero-order valence-electron chi connectivity index (χ0n) is 9.39. The van der Waals surface area contributed by atoms with Gasteiger partial charge in [0.15, 0.2) is 5.03 Å². The van der Waals surface area contributed by atoms with Crippen molar-refractivity contribution in [3.05, 3.63) is 56.2 Å². The summed E-state index contributed by atoms with van der Waals surface area (Å²) in [5.41, 5.74) is 0.0503. The zero-order chi connectivity index (χ0) is 13.1. The molecule has 0 saturated carbocycles. The molecule has 0 aliphatic carbocycles. The topological polar surface area (TPSA) is 95.7 Å². The van der Waals surface area contributed by atoms with E-state index in [9.17, 15) is 14.4 Å². The van der Waals surface area contributed by atoms with Gasteiger partial charge in [-0.25, -0.2) is 9.89 Å². The first-order valence-corrected chi connectivity index (χ1v) is 5.86. The number of benzene rings is 1. The van der Waals surface area contributed by atoms with Crippen LogP contribution in [0.4, 0.5) is 0 Å². The lowest BCUT2D eigenvalue weighted by molar-refractivity contribution is 0.108. The summed E-state index contributed by atoms with van der Waals surface area (Å²) in [7, 11) is 0. The van der Waals surface area contributed by atoms with Gasteiger partial charge < -0.3 is 0 Å². The summed E-state index contributed by atoms with van der Waals surface area (Å²) in [4.78, 5) is 36.0. The Morgan fingerprint density at radius 3 is 2.78 bits per heavy atom. The summed E-state index contributed by atoms with van der Waals surface area (Å²) in [5.74, 6) is 0. The second-order valence-corrected chi connectivity index (χ2v) is 4.53. The number of carbonyl (C=O) groups is 1. The maximum absolute atomic E-state index is 11.9. The fourth-order valence-corrected chi connectivity index (χ4v) is 1.98. The van der Waals surface area contributed by atoms with Crippen LogP contribution in [0.15, 0.2) is 38.9 Å². The molecule has 0 amide bonds. The largest absolute Gasteiger partial charge is 0.342 e. The molecule has 7 heteroatoms. The van der Waals surface area contributed by atoms with Crippen molar-refractivity contribution >= 4 is 16.9 Å². The molecule has 0 unspecified atom stereocenters. The Hall–Kier alpha value is -2.15. The van der Waals surface area contributed by atoms with Crippen LogP contribution in [-0.4, -0.2) is 20.3 Å². The molecule has 0 bridgehead atoms. The number of hydrogen-bond donors (Lipinski definition) is 2. The normalized spacial score (nSPS) is 10.3. The SMILES string of the molecule is Cc1cccc(C(=O)Sc2n[nH]c(=O)[nH]c2=O)c1. The summed E-state index contributed by atoms with van der Waals surface area (Å²) in [6, 6.07) is 7.00. The van der Waals surface area contributed by atoms with Crippen LogP contribution in [0.2, 0.25) is 0 Å². The van der Waals surface area contributed by atoms with E-state index in [4.69, 9.17) is 0 Å². The number of carbonyl (C=O) groups excluding carboxylic acids is 1. The fraction of sp³-hybridized carbons (Fsp3) is 0.0909. The van der Waals surface area contributed by atoms with Crippen LogP contribution in [0.1, 0.15) is 15.9 Å². The average molecular weight is 263 g/mol. The average Bonchev–Trinajstić information content (AvgIpc) is 2.32. The van der Waals surface area contributed by atoms with Crippen molar-refractivity contribution in [2.24, 2.45) is 0 Å². The van der Waals surface area contributed by atoms with Gasteiger partial charge >= 0.3 is 5.69 Å². The molecule has 0 spiro atoms. The Kier molecular flexibility index (Phi) is 3.42. The number of rotatable bonds is 2. The Morgan fingerprint density at radius 1 is 1.33 bits per heavy atom. The molecule has 0 aliphatic heterocycles. The lowest BCUT2D eigenvalue weighted by atomic mass is 10.2. The van der Waals surface area contributed by atoms with E-state index in [1.54, 1.807) is 18.2 Å². The molecule has 1 aromatic heterocycles. The summed E-state index contributed by atoms with van der Waals surface area (Å²) < 4.78 is 0. The van der Waals surface area contributed by atoms with E-state index in [2.05, 4.69) is 10.2 Å². The molecular weight excluding hydrogens is 254 g/mol. The zero-order valence-corrected chi connectivity index (χ0v) is 10.2. The van der Waals surface area contributed by atoms with Crippen LogP contribution in [0.5, 0.6) is 0 Å². The minimum atomic E-state index is -0.702. The third-order valence-electron chi connectivity index (χ3n) is 2.12. The molecule has 0 aliphatic rings. The molecule has 0 saturated heterocycles. The Labute approximate surface area is 105 Å². The minimum Gasteiger partial charge on any atom is -0.281 e. The van der Waals surface area contributed by atoms with Crippen molar-refractivity contribution in [3.63, 3.8) is 0 Å². The van der Waals surface area contributed by atoms with Gasteiger partial charge in [0.1, 0.15) is 0 Å². The molecule has 0 radical (unpaired) electrons. The molecular formula is C11H9N3O3S. The van der Waals surface area contributed by atoms with E-state index in [-0.39, 0.29) is 10.1 Å². The lowest BCUT2D eigenvalue weighted by Gasteiger charge is -2.00. The number of H-pyrrole nitrogens is 2. The third-order valence-corrected chi connectivity index (χ3v) is 3.01. The van der Waals surface area contributed by atoms with E-state index >= 15 is 0 Å². The summed E-state index contributed by atoms with van der Waals surface area (Å²) >= 11 is 0.677. The smallest absolute Gasteiger partial charge is 0.281 e. The molecule has 2 N–H and O–H groups in total. The summed E-state index contributed by atoms with van der Waals surface area (Å²) in [5, 5.41) is 5.22. The van der Waals surface area contributed by atoms with Gasteiger partial charge in [0.05, 0.1) is 0 Å². The second kappa shape index (κ2) is 5.01. The Bertz CT molecular complexity index is 705. The van der Waals surface area contributed by atoms with Crippen molar-refractivity contribution in [2.75, 3.05) is 0 Å². The van der Waals surface area contributed by atoms with Crippen LogP contribution in [0.3, 0.4) is 0 Å². The predicted molar refractivity (Wildman–Crippen MR) is 66.8 cm³/mol. The molecule has 2 aromatic rings. The molecule has 6 nitrogen and oxygen atoms in total. The van der Waals surface area contributed by atoms with E-state index < -0.39 is 11.2 Å². The van der Waals surface area contributed by atoms with Gasteiger partial charge in [-0.05, 0) is 24.8 Å². The number of hydrogen-bond acceptors (Lipinski definition) is 5. The van der Waals surface area contributed by atoms with E-state index in [1.807, 2.05) is 18.0 Å².